The second-order valence-electron chi connectivity index (χ2n) is 4.89. The quantitative estimate of drug-likeness (QED) is 0.688. The SMILES string of the molecule is C[Si](C)(C)c1ccc(Br)c2ccccc12. The van der Waals surface area contributed by atoms with Crippen LogP contribution in [0.15, 0.2) is 40.9 Å². The zero-order valence-electron chi connectivity index (χ0n) is 9.34. The van der Waals surface area contributed by atoms with Crippen molar-refractivity contribution in [3.05, 3.63) is 40.9 Å². The van der Waals surface area contributed by atoms with Crippen LogP contribution < -0.4 is 5.19 Å². The smallest absolute Gasteiger partial charge is 0.0656 e. The second kappa shape index (κ2) is 3.76. The Bertz CT molecular complexity index is 497. The molecule has 2 aromatic rings. The Morgan fingerprint density at radius 3 is 2.07 bits per heavy atom. The summed E-state index contributed by atoms with van der Waals surface area (Å²) < 4.78 is 1.19. The van der Waals surface area contributed by atoms with Gasteiger partial charge in [0.2, 0.25) is 0 Å². The third-order valence-corrected chi connectivity index (χ3v) is 5.42. The lowest BCUT2D eigenvalue weighted by Crippen LogP contribution is -2.38. The van der Waals surface area contributed by atoms with Crippen LogP contribution in [0.4, 0.5) is 0 Å². The van der Waals surface area contributed by atoms with Gasteiger partial charge in [0.1, 0.15) is 0 Å². The number of hydrogen-bond acceptors (Lipinski definition) is 0. The summed E-state index contributed by atoms with van der Waals surface area (Å²) in [6, 6.07) is 13.1. The summed E-state index contributed by atoms with van der Waals surface area (Å²) in [6.45, 7) is 7.17. The lowest BCUT2D eigenvalue weighted by molar-refractivity contribution is 1.69. The van der Waals surface area contributed by atoms with Gasteiger partial charge in [0.05, 0.1) is 8.07 Å². The maximum atomic E-state index is 3.61. The fraction of sp³-hybridized carbons (Fsp3) is 0.231. The van der Waals surface area contributed by atoms with E-state index in [0.29, 0.717) is 0 Å². The Morgan fingerprint density at radius 2 is 1.47 bits per heavy atom. The van der Waals surface area contributed by atoms with Gasteiger partial charge in [-0.3, -0.25) is 0 Å². The summed E-state index contributed by atoms with van der Waals surface area (Å²) in [5.41, 5.74) is 0. The van der Waals surface area contributed by atoms with Crippen molar-refractivity contribution >= 4 is 40.0 Å². The molecule has 2 heteroatoms. The van der Waals surface area contributed by atoms with Crippen molar-refractivity contribution in [1.29, 1.82) is 0 Å². The highest BCUT2D eigenvalue weighted by Crippen LogP contribution is 2.24. The van der Waals surface area contributed by atoms with Crippen molar-refractivity contribution in [2.75, 3.05) is 0 Å². The van der Waals surface area contributed by atoms with Crippen molar-refractivity contribution in [2.45, 2.75) is 19.6 Å². The molecule has 0 saturated heterocycles. The zero-order chi connectivity index (χ0) is 11.1. The normalized spacial score (nSPS) is 12.0. The van der Waals surface area contributed by atoms with Crippen LogP contribution in [0.25, 0.3) is 10.8 Å². The van der Waals surface area contributed by atoms with Gasteiger partial charge < -0.3 is 0 Å². The molecule has 0 bridgehead atoms. The first-order valence-corrected chi connectivity index (χ1v) is 9.47. The Kier molecular flexibility index (Phi) is 2.73. The van der Waals surface area contributed by atoms with E-state index in [1.165, 1.54) is 15.2 Å². The molecule has 78 valence electrons. The van der Waals surface area contributed by atoms with Gasteiger partial charge >= 0.3 is 0 Å². The third kappa shape index (κ3) is 2.01. The van der Waals surface area contributed by atoms with Crippen molar-refractivity contribution in [3.63, 3.8) is 0 Å². The van der Waals surface area contributed by atoms with Crippen molar-refractivity contribution < 1.29 is 0 Å². The number of benzene rings is 2. The fourth-order valence-electron chi connectivity index (χ4n) is 1.92. The van der Waals surface area contributed by atoms with E-state index in [9.17, 15) is 0 Å². The minimum Gasteiger partial charge on any atom is -0.0656 e. The number of hydrogen-bond donors (Lipinski definition) is 0. The van der Waals surface area contributed by atoms with Crippen molar-refractivity contribution in [2.24, 2.45) is 0 Å². The average molecular weight is 279 g/mol. The van der Waals surface area contributed by atoms with E-state index < -0.39 is 8.07 Å². The number of fused-ring (bicyclic) bond motifs is 1. The summed E-state index contributed by atoms with van der Waals surface area (Å²) in [5, 5.41) is 4.28. The van der Waals surface area contributed by atoms with Crippen molar-refractivity contribution in [1.82, 2.24) is 0 Å². The molecular formula is C13H15BrSi. The number of halogens is 1. The average Bonchev–Trinajstić information content (AvgIpc) is 2.17. The van der Waals surface area contributed by atoms with Crippen LogP contribution >= 0.6 is 15.9 Å². The molecule has 0 atom stereocenters. The molecule has 2 rings (SSSR count). The van der Waals surface area contributed by atoms with E-state index in [1.807, 2.05) is 0 Å². The Balaban J connectivity index is 2.84. The summed E-state index contributed by atoms with van der Waals surface area (Å²) in [7, 11) is -1.24. The predicted molar refractivity (Wildman–Crippen MR) is 74.6 cm³/mol. The Labute approximate surface area is 100 Å². The third-order valence-electron chi connectivity index (χ3n) is 2.68. The second-order valence-corrected chi connectivity index (χ2v) is 10.8. The van der Waals surface area contributed by atoms with Crippen molar-refractivity contribution in [3.8, 4) is 0 Å². The molecule has 0 aromatic heterocycles. The molecule has 15 heavy (non-hydrogen) atoms. The van der Waals surface area contributed by atoms with Gasteiger partial charge in [0, 0.05) is 4.47 Å². The predicted octanol–water partition coefficient (Wildman–Crippen LogP) is 4.15. The molecule has 0 heterocycles. The summed E-state index contributed by atoms with van der Waals surface area (Å²) in [4.78, 5) is 0. The molecule has 0 aliphatic carbocycles. The molecule has 0 aliphatic rings. The molecule has 0 spiro atoms. The van der Waals surface area contributed by atoms with E-state index in [4.69, 9.17) is 0 Å². The van der Waals surface area contributed by atoms with E-state index in [2.05, 4.69) is 72.0 Å². The minimum absolute atomic E-state index is 1.19. The van der Waals surface area contributed by atoms with Gasteiger partial charge in [0.25, 0.3) is 0 Å². The lowest BCUT2D eigenvalue weighted by atomic mass is 10.1. The summed E-state index contributed by atoms with van der Waals surface area (Å²) in [6.07, 6.45) is 0. The molecule has 2 aromatic carbocycles. The molecule has 0 aliphatic heterocycles. The first-order chi connectivity index (χ1) is 7.00. The van der Waals surface area contributed by atoms with Crippen LogP contribution in [0.1, 0.15) is 0 Å². The van der Waals surface area contributed by atoms with Gasteiger partial charge in [-0.2, -0.15) is 0 Å². The molecule has 0 saturated carbocycles. The highest BCUT2D eigenvalue weighted by molar-refractivity contribution is 9.10. The first kappa shape index (κ1) is 10.9. The molecule has 0 fully saturated rings. The Morgan fingerprint density at radius 1 is 0.867 bits per heavy atom. The number of rotatable bonds is 1. The minimum atomic E-state index is -1.24. The van der Waals surface area contributed by atoms with Gasteiger partial charge in [-0.15, -0.1) is 0 Å². The van der Waals surface area contributed by atoms with Gasteiger partial charge in [-0.25, -0.2) is 0 Å². The molecule has 0 amide bonds. The molecule has 0 unspecified atom stereocenters. The first-order valence-electron chi connectivity index (χ1n) is 5.18. The lowest BCUT2D eigenvalue weighted by Gasteiger charge is -2.19. The van der Waals surface area contributed by atoms with E-state index in [0.717, 1.165) is 0 Å². The van der Waals surface area contributed by atoms with Crippen LogP contribution in [-0.4, -0.2) is 8.07 Å². The zero-order valence-corrected chi connectivity index (χ0v) is 11.9. The maximum absolute atomic E-state index is 3.61. The molecule has 0 nitrogen and oxygen atoms in total. The largest absolute Gasteiger partial charge is 0.0784 e. The van der Waals surface area contributed by atoms with Crippen LogP contribution in [0.2, 0.25) is 19.6 Å². The molecule has 0 N–H and O–H groups in total. The highest BCUT2D eigenvalue weighted by Gasteiger charge is 2.19. The van der Waals surface area contributed by atoms with E-state index >= 15 is 0 Å². The standard InChI is InChI=1S/C13H15BrSi/c1-15(2,3)13-9-8-12(14)10-6-4-5-7-11(10)13/h4-9H,1-3H3. The van der Waals surface area contributed by atoms with Crippen LogP contribution in [0, 0.1) is 0 Å². The highest BCUT2D eigenvalue weighted by atomic mass is 79.9. The fourth-order valence-corrected chi connectivity index (χ4v) is 4.00. The van der Waals surface area contributed by atoms with Crippen LogP contribution in [0.3, 0.4) is 0 Å². The summed E-state index contributed by atoms with van der Waals surface area (Å²) in [5.74, 6) is 0. The molecule has 0 radical (unpaired) electrons. The van der Waals surface area contributed by atoms with Crippen LogP contribution in [-0.2, 0) is 0 Å². The van der Waals surface area contributed by atoms with E-state index in [-0.39, 0.29) is 0 Å². The van der Waals surface area contributed by atoms with E-state index in [1.54, 1.807) is 5.19 Å². The Hall–Kier alpha value is -0.603. The maximum Gasteiger partial charge on any atom is 0.0784 e. The topological polar surface area (TPSA) is 0 Å². The van der Waals surface area contributed by atoms with Gasteiger partial charge in [-0.1, -0.05) is 71.1 Å². The van der Waals surface area contributed by atoms with Gasteiger partial charge in [0.15, 0.2) is 0 Å². The summed E-state index contributed by atoms with van der Waals surface area (Å²) >= 11 is 3.61. The monoisotopic (exact) mass is 278 g/mol. The van der Waals surface area contributed by atoms with Gasteiger partial charge in [-0.05, 0) is 16.8 Å². The van der Waals surface area contributed by atoms with Crippen LogP contribution in [0.5, 0.6) is 0 Å². The molecular weight excluding hydrogens is 264 g/mol.